The summed E-state index contributed by atoms with van der Waals surface area (Å²) < 4.78 is 5.38. The average molecular weight is 406 g/mol. The number of amides is 1. The molecule has 28 heavy (non-hydrogen) atoms. The van der Waals surface area contributed by atoms with Gasteiger partial charge in [0.2, 0.25) is 0 Å². The van der Waals surface area contributed by atoms with Crippen LogP contribution >= 0.6 is 11.3 Å². The van der Waals surface area contributed by atoms with Crippen LogP contribution in [0.2, 0.25) is 0 Å². The Hall–Kier alpha value is -2.89. The number of nitro benzene ring substituents is 2. The number of non-ortho nitro benzene ring substituents is 1. The van der Waals surface area contributed by atoms with E-state index in [1.54, 1.807) is 11.3 Å². The Kier molecular flexibility index (Phi) is 6.29. The fourth-order valence-corrected chi connectivity index (χ4v) is 3.90. The topological polar surface area (TPSA) is 128 Å². The van der Waals surface area contributed by atoms with E-state index >= 15 is 0 Å². The predicted octanol–water partition coefficient (Wildman–Crippen LogP) is 2.37. The van der Waals surface area contributed by atoms with Crippen molar-refractivity contribution >= 4 is 28.6 Å². The van der Waals surface area contributed by atoms with Gasteiger partial charge in [-0.3, -0.25) is 29.9 Å². The van der Waals surface area contributed by atoms with E-state index in [-0.39, 0.29) is 18.2 Å². The number of nitrogens with zero attached hydrogens (tertiary/aromatic N) is 3. The van der Waals surface area contributed by atoms with Crippen molar-refractivity contribution in [2.75, 3.05) is 32.8 Å². The van der Waals surface area contributed by atoms with E-state index in [1.807, 2.05) is 17.5 Å². The number of hydrogen-bond acceptors (Lipinski definition) is 8. The number of ether oxygens (including phenoxy) is 1. The molecule has 148 valence electrons. The van der Waals surface area contributed by atoms with Crippen LogP contribution in [0, 0.1) is 20.2 Å². The number of rotatable bonds is 7. The Morgan fingerprint density at radius 1 is 1.21 bits per heavy atom. The zero-order valence-corrected chi connectivity index (χ0v) is 15.6. The molecule has 1 N–H and O–H groups in total. The SMILES string of the molecule is O=C(NC[C@@H](c1cccs1)N1CCOCC1)c1ccc([N+](=O)[O-])cc1[N+](=O)[O-]. The lowest BCUT2D eigenvalue weighted by Gasteiger charge is -2.34. The first-order chi connectivity index (χ1) is 13.5. The first-order valence-corrected chi connectivity index (χ1v) is 9.41. The summed E-state index contributed by atoms with van der Waals surface area (Å²) >= 11 is 1.57. The van der Waals surface area contributed by atoms with Gasteiger partial charge in [0.25, 0.3) is 17.3 Å². The Morgan fingerprint density at radius 3 is 2.57 bits per heavy atom. The molecule has 10 nitrogen and oxygen atoms in total. The van der Waals surface area contributed by atoms with Crippen LogP contribution in [-0.4, -0.2) is 53.5 Å². The maximum atomic E-state index is 12.6. The van der Waals surface area contributed by atoms with Gasteiger partial charge >= 0.3 is 0 Å². The normalized spacial score (nSPS) is 15.7. The van der Waals surface area contributed by atoms with Gasteiger partial charge in [-0.1, -0.05) is 6.07 Å². The highest BCUT2D eigenvalue weighted by atomic mass is 32.1. The number of carbonyl (C=O) groups excluding carboxylic acids is 1. The quantitative estimate of drug-likeness (QED) is 0.552. The van der Waals surface area contributed by atoms with E-state index in [1.165, 1.54) is 0 Å². The number of morpholine rings is 1. The fourth-order valence-electron chi connectivity index (χ4n) is 3.04. The molecule has 1 aliphatic rings. The summed E-state index contributed by atoms with van der Waals surface area (Å²) in [5.41, 5.74) is -1.23. The summed E-state index contributed by atoms with van der Waals surface area (Å²) in [6.45, 7) is 2.90. The van der Waals surface area contributed by atoms with Gasteiger partial charge < -0.3 is 10.1 Å². The van der Waals surface area contributed by atoms with Gasteiger partial charge in [0, 0.05) is 30.6 Å². The molecule has 2 heterocycles. The molecule has 0 aliphatic carbocycles. The molecule has 0 unspecified atom stereocenters. The molecule has 1 saturated heterocycles. The third-order valence-electron chi connectivity index (χ3n) is 4.45. The largest absolute Gasteiger partial charge is 0.379 e. The average Bonchev–Trinajstić information content (AvgIpc) is 3.22. The van der Waals surface area contributed by atoms with Crippen molar-refractivity contribution < 1.29 is 19.4 Å². The number of hydrogen-bond donors (Lipinski definition) is 1. The molecular formula is C17H18N4O6S. The third-order valence-corrected chi connectivity index (χ3v) is 5.42. The smallest absolute Gasteiger partial charge is 0.289 e. The molecule has 1 amide bonds. The van der Waals surface area contributed by atoms with Crippen LogP contribution in [0.5, 0.6) is 0 Å². The van der Waals surface area contributed by atoms with Crippen LogP contribution in [0.3, 0.4) is 0 Å². The van der Waals surface area contributed by atoms with Gasteiger partial charge in [-0.2, -0.15) is 0 Å². The maximum absolute atomic E-state index is 12.6. The summed E-state index contributed by atoms with van der Waals surface area (Å²) in [5.74, 6) is -0.642. The summed E-state index contributed by atoms with van der Waals surface area (Å²) in [6, 6.07) is 6.82. The highest BCUT2D eigenvalue weighted by molar-refractivity contribution is 7.10. The van der Waals surface area contributed by atoms with Crippen LogP contribution < -0.4 is 5.32 Å². The minimum Gasteiger partial charge on any atom is -0.379 e. The summed E-state index contributed by atoms with van der Waals surface area (Å²) in [5, 5.41) is 26.8. The Labute approximate surface area is 164 Å². The highest BCUT2D eigenvalue weighted by Crippen LogP contribution is 2.27. The van der Waals surface area contributed by atoms with Gasteiger partial charge in [-0.05, 0) is 17.5 Å². The van der Waals surface area contributed by atoms with Crippen LogP contribution in [0.4, 0.5) is 11.4 Å². The van der Waals surface area contributed by atoms with E-state index in [4.69, 9.17) is 4.74 Å². The zero-order valence-electron chi connectivity index (χ0n) is 14.8. The number of carbonyl (C=O) groups is 1. The van der Waals surface area contributed by atoms with E-state index in [9.17, 15) is 25.0 Å². The molecule has 1 aromatic carbocycles. The zero-order chi connectivity index (χ0) is 20.1. The number of nitro groups is 2. The monoisotopic (exact) mass is 406 g/mol. The van der Waals surface area contributed by atoms with Gasteiger partial charge in [0.1, 0.15) is 5.56 Å². The minimum absolute atomic E-state index is 0.0787. The second-order valence-corrected chi connectivity index (χ2v) is 7.08. The molecule has 2 aromatic rings. The number of nitrogens with one attached hydrogen (secondary N) is 1. The van der Waals surface area contributed by atoms with Gasteiger partial charge in [-0.25, -0.2) is 0 Å². The van der Waals surface area contributed by atoms with Crippen LogP contribution in [0.1, 0.15) is 21.3 Å². The van der Waals surface area contributed by atoms with Crippen LogP contribution in [-0.2, 0) is 4.74 Å². The van der Waals surface area contributed by atoms with Crippen molar-refractivity contribution in [3.63, 3.8) is 0 Å². The van der Waals surface area contributed by atoms with Gasteiger partial charge in [0.05, 0.1) is 35.2 Å². The lowest BCUT2D eigenvalue weighted by molar-refractivity contribution is -0.394. The molecule has 0 radical (unpaired) electrons. The first-order valence-electron chi connectivity index (χ1n) is 8.53. The second kappa shape index (κ2) is 8.87. The first kappa shape index (κ1) is 19.9. The molecular weight excluding hydrogens is 388 g/mol. The molecule has 11 heteroatoms. The molecule has 1 atom stereocenters. The van der Waals surface area contributed by atoms with Gasteiger partial charge in [-0.15, -0.1) is 11.3 Å². The minimum atomic E-state index is -0.791. The van der Waals surface area contributed by atoms with Crippen molar-refractivity contribution in [1.29, 1.82) is 0 Å². The Morgan fingerprint density at radius 2 is 1.96 bits per heavy atom. The van der Waals surface area contributed by atoms with Gasteiger partial charge in [0.15, 0.2) is 0 Å². The number of thiophene rings is 1. The van der Waals surface area contributed by atoms with E-state index < -0.39 is 27.1 Å². The van der Waals surface area contributed by atoms with E-state index in [0.29, 0.717) is 13.2 Å². The molecule has 1 aromatic heterocycles. The summed E-state index contributed by atoms with van der Waals surface area (Å²) in [4.78, 5) is 36.4. The Bertz CT molecular complexity index is 867. The lowest BCUT2D eigenvalue weighted by atomic mass is 10.1. The maximum Gasteiger partial charge on any atom is 0.289 e. The van der Waals surface area contributed by atoms with Crippen LogP contribution in [0.25, 0.3) is 0 Å². The number of benzene rings is 1. The third kappa shape index (κ3) is 4.50. The predicted molar refractivity (Wildman–Crippen MR) is 102 cm³/mol. The molecule has 0 bridgehead atoms. The van der Waals surface area contributed by atoms with E-state index in [2.05, 4.69) is 10.2 Å². The Balaban J connectivity index is 1.77. The fraction of sp³-hybridized carbons (Fsp3) is 0.353. The summed E-state index contributed by atoms with van der Waals surface area (Å²) in [6.07, 6.45) is 0. The molecule has 0 saturated carbocycles. The molecule has 3 rings (SSSR count). The van der Waals surface area contributed by atoms with Crippen molar-refractivity contribution in [1.82, 2.24) is 10.2 Å². The van der Waals surface area contributed by atoms with Crippen molar-refractivity contribution in [3.8, 4) is 0 Å². The molecule has 1 aliphatic heterocycles. The lowest BCUT2D eigenvalue weighted by Crippen LogP contribution is -2.43. The van der Waals surface area contributed by atoms with Crippen molar-refractivity contribution in [3.05, 3.63) is 66.4 Å². The van der Waals surface area contributed by atoms with Crippen LogP contribution in [0.15, 0.2) is 35.7 Å². The summed E-state index contributed by atoms with van der Waals surface area (Å²) in [7, 11) is 0. The van der Waals surface area contributed by atoms with Crippen molar-refractivity contribution in [2.24, 2.45) is 0 Å². The van der Waals surface area contributed by atoms with E-state index in [0.717, 1.165) is 36.2 Å². The van der Waals surface area contributed by atoms with Crippen molar-refractivity contribution in [2.45, 2.75) is 6.04 Å². The molecule has 0 spiro atoms. The second-order valence-electron chi connectivity index (χ2n) is 6.11. The highest BCUT2D eigenvalue weighted by Gasteiger charge is 2.27. The molecule has 1 fully saturated rings. The standard InChI is InChI=1S/C17H18N4O6S/c22-17(13-4-3-12(20(23)24)10-14(13)21(25)26)18-11-15(16-2-1-9-28-16)19-5-7-27-8-6-19/h1-4,9-10,15H,5-8,11H2,(H,18,22)/t15-/m0/s1.